The minimum atomic E-state index is 0.701. The molecule has 0 amide bonds. The minimum absolute atomic E-state index is 0.701. The van der Waals surface area contributed by atoms with E-state index in [4.69, 9.17) is 0 Å². The molecule has 4 nitrogen and oxygen atoms in total. The van der Waals surface area contributed by atoms with Crippen LogP contribution in [0.3, 0.4) is 0 Å². The van der Waals surface area contributed by atoms with Gasteiger partial charge in [-0.15, -0.1) is 0 Å². The van der Waals surface area contributed by atoms with Crippen LogP contribution in [0, 0.1) is 0 Å². The van der Waals surface area contributed by atoms with Gasteiger partial charge in [-0.1, -0.05) is 13.2 Å². The zero-order chi connectivity index (χ0) is 9.97. The summed E-state index contributed by atoms with van der Waals surface area (Å²) in [6.45, 7) is 7.32. The Bertz CT molecular complexity index is 457. The van der Waals surface area contributed by atoms with E-state index in [2.05, 4.69) is 33.1 Å². The number of hydrogen-bond donors (Lipinski definition) is 0. The third-order valence-electron chi connectivity index (χ3n) is 1.86. The number of nitrogens with zero attached hydrogens (tertiary/aromatic N) is 4. The van der Waals surface area contributed by atoms with E-state index < -0.39 is 0 Å². The third-order valence-corrected chi connectivity index (χ3v) is 1.86. The highest BCUT2D eigenvalue weighted by molar-refractivity contribution is 5.86. The van der Waals surface area contributed by atoms with E-state index >= 15 is 0 Å². The molecule has 0 fully saturated rings. The topological polar surface area (TPSA) is 51.6 Å². The Morgan fingerprint density at radius 1 is 0.786 bits per heavy atom. The van der Waals surface area contributed by atoms with Crippen molar-refractivity contribution in [2.75, 3.05) is 0 Å². The molecule has 0 N–H and O–H groups in total. The van der Waals surface area contributed by atoms with E-state index in [1.165, 1.54) is 12.7 Å². The monoisotopic (exact) mass is 184 g/mol. The van der Waals surface area contributed by atoms with Crippen LogP contribution in [0.1, 0.15) is 11.4 Å². The fourth-order valence-electron chi connectivity index (χ4n) is 1.22. The van der Waals surface area contributed by atoms with Gasteiger partial charge in [-0.25, -0.2) is 19.9 Å². The molecule has 2 aromatic rings. The fraction of sp³-hybridized carbons (Fsp3) is 0. The van der Waals surface area contributed by atoms with E-state index in [0.717, 1.165) is 0 Å². The highest BCUT2D eigenvalue weighted by Crippen LogP contribution is 2.15. The van der Waals surface area contributed by atoms with Crippen LogP contribution >= 0.6 is 0 Å². The molecule has 0 unspecified atom stereocenters. The number of hydrogen-bond acceptors (Lipinski definition) is 4. The molecule has 0 spiro atoms. The van der Waals surface area contributed by atoms with Crippen molar-refractivity contribution in [1.29, 1.82) is 0 Å². The first-order chi connectivity index (χ1) is 6.86. The predicted molar refractivity (Wildman–Crippen MR) is 55.3 cm³/mol. The van der Waals surface area contributed by atoms with E-state index in [1.807, 2.05) is 0 Å². The van der Waals surface area contributed by atoms with Gasteiger partial charge in [0.1, 0.15) is 23.7 Å². The molecule has 2 aromatic heterocycles. The molecule has 0 aliphatic carbocycles. The van der Waals surface area contributed by atoms with Crippen LogP contribution in [-0.2, 0) is 0 Å². The molecule has 14 heavy (non-hydrogen) atoms. The van der Waals surface area contributed by atoms with Crippen LogP contribution in [0.5, 0.6) is 0 Å². The molecule has 0 aromatic carbocycles. The highest BCUT2D eigenvalue weighted by Gasteiger charge is 2.04. The van der Waals surface area contributed by atoms with Gasteiger partial charge in [0.2, 0.25) is 0 Å². The van der Waals surface area contributed by atoms with Gasteiger partial charge >= 0.3 is 0 Å². The van der Waals surface area contributed by atoms with Gasteiger partial charge in [0, 0.05) is 0 Å². The van der Waals surface area contributed by atoms with Gasteiger partial charge in [0.05, 0.1) is 11.4 Å². The Morgan fingerprint density at radius 3 is 1.57 bits per heavy atom. The van der Waals surface area contributed by atoms with Crippen LogP contribution in [-0.4, -0.2) is 19.9 Å². The van der Waals surface area contributed by atoms with Gasteiger partial charge in [0.25, 0.3) is 0 Å². The molecule has 2 rings (SSSR count). The summed E-state index contributed by atoms with van der Waals surface area (Å²) in [4.78, 5) is 16.3. The van der Waals surface area contributed by atoms with Crippen LogP contribution in [0.15, 0.2) is 25.8 Å². The predicted octanol–water partition coefficient (Wildman–Crippen LogP) is 1.71. The Balaban J connectivity index is 2.90. The SMILES string of the molecule is C=Cc1ncnc2c(C=C)ncnc12. The summed E-state index contributed by atoms with van der Waals surface area (Å²) in [5, 5.41) is 0. The Hall–Kier alpha value is -2.10. The van der Waals surface area contributed by atoms with Gasteiger partial charge in [-0.2, -0.15) is 0 Å². The van der Waals surface area contributed by atoms with Crippen molar-refractivity contribution in [3.63, 3.8) is 0 Å². The highest BCUT2D eigenvalue weighted by atomic mass is 14.9. The molecule has 0 saturated heterocycles. The number of aromatic nitrogens is 4. The normalized spacial score (nSPS) is 10.0. The molecule has 68 valence electrons. The van der Waals surface area contributed by atoms with Crippen LogP contribution in [0.25, 0.3) is 23.2 Å². The molecular formula is C10H8N4. The molecule has 4 heteroatoms. The average Bonchev–Trinajstić information content (AvgIpc) is 2.27. The van der Waals surface area contributed by atoms with Gasteiger partial charge < -0.3 is 0 Å². The second-order valence-electron chi connectivity index (χ2n) is 2.62. The summed E-state index contributed by atoms with van der Waals surface area (Å²) in [7, 11) is 0. The number of rotatable bonds is 2. The zero-order valence-electron chi connectivity index (χ0n) is 7.51. The molecule has 0 aliphatic heterocycles. The Labute approximate surface area is 81.1 Å². The quantitative estimate of drug-likeness (QED) is 0.712. The Morgan fingerprint density at radius 2 is 1.21 bits per heavy atom. The van der Waals surface area contributed by atoms with E-state index in [-0.39, 0.29) is 0 Å². The van der Waals surface area contributed by atoms with E-state index in [1.54, 1.807) is 12.2 Å². The maximum atomic E-state index is 4.11. The Kier molecular flexibility index (Phi) is 2.02. The summed E-state index contributed by atoms with van der Waals surface area (Å²) in [6, 6.07) is 0. The van der Waals surface area contributed by atoms with Gasteiger partial charge in [-0.3, -0.25) is 0 Å². The molecule has 0 aliphatic rings. The zero-order valence-corrected chi connectivity index (χ0v) is 7.51. The third kappa shape index (κ3) is 1.17. The van der Waals surface area contributed by atoms with Crippen LogP contribution < -0.4 is 0 Å². The molecule has 0 bridgehead atoms. The van der Waals surface area contributed by atoms with E-state index in [0.29, 0.717) is 22.4 Å². The lowest BCUT2D eigenvalue weighted by Crippen LogP contribution is -1.94. The largest absolute Gasteiger partial charge is 0.235 e. The van der Waals surface area contributed by atoms with Crippen molar-refractivity contribution in [2.24, 2.45) is 0 Å². The minimum Gasteiger partial charge on any atom is -0.235 e. The summed E-state index contributed by atoms with van der Waals surface area (Å²) < 4.78 is 0. The second kappa shape index (κ2) is 3.33. The maximum Gasteiger partial charge on any atom is 0.118 e. The first-order valence-corrected chi connectivity index (χ1v) is 4.07. The smallest absolute Gasteiger partial charge is 0.118 e. The van der Waals surface area contributed by atoms with Crippen molar-refractivity contribution in [2.45, 2.75) is 0 Å². The van der Waals surface area contributed by atoms with Crippen molar-refractivity contribution >= 4 is 23.2 Å². The second-order valence-corrected chi connectivity index (χ2v) is 2.62. The molecule has 0 saturated carbocycles. The summed E-state index contributed by atoms with van der Waals surface area (Å²) in [5.41, 5.74) is 2.82. The van der Waals surface area contributed by atoms with Crippen molar-refractivity contribution in [1.82, 2.24) is 19.9 Å². The maximum absolute atomic E-state index is 4.11. The molecule has 0 atom stereocenters. The molecular weight excluding hydrogens is 176 g/mol. The average molecular weight is 184 g/mol. The van der Waals surface area contributed by atoms with Crippen LogP contribution in [0.2, 0.25) is 0 Å². The van der Waals surface area contributed by atoms with Gasteiger partial charge in [-0.05, 0) is 12.2 Å². The van der Waals surface area contributed by atoms with Crippen molar-refractivity contribution in [3.8, 4) is 0 Å². The lowest BCUT2D eigenvalue weighted by molar-refractivity contribution is 1.13. The number of fused-ring (bicyclic) bond motifs is 1. The van der Waals surface area contributed by atoms with E-state index in [9.17, 15) is 0 Å². The lowest BCUT2D eigenvalue weighted by Gasteiger charge is -2.00. The summed E-state index contributed by atoms with van der Waals surface area (Å²) in [6.07, 6.45) is 6.22. The standard InChI is InChI=1S/C10H8N4/c1-3-7-9-10(14-5-11-7)8(4-2)12-6-13-9/h3-6H,1-2H2. The first-order valence-electron chi connectivity index (χ1n) is 4.07. The van der Waals surface area contributed by atoms with Gasteiger partial charge in [0.15, 0.2) is 0 Å². The van der Waals surface area contributed by atoms with Crippen molar-refractivity contribution in [3.05, 3.63) is 37.2 Å². The lowest BCUT2D eigenvalue weighted by atomic mass is 10.2. The molecule has 0 radical (unpaired) electrons. The summed E-state index contributed by atoms with van der Waals surface area (Å²) in [5.74, 6) is 0. The summed E-state index contributed by atoms with van der Waals surface area (Å²) >= 11 is 0. The first kappa shape index (κ1) is 8.50. The molecule has 2 heterocycles. The van der Waals surface area contributed by atoms with Crippen LogP contribution in [0.4, 0.5) is 0 Å². The van der Waals surface area contributed by atoms with Crippen molar-refractivity contribution < 1.29 is 0 Å². The fourth-order valence-corrected chi connectivity index (χ4v) is 1.22.